The normalized spacial score (nSPS) is 12.8. The second kappa shape index (κ2) is 4.07. The maximum atomic E-state index is 4.02. The Morgan fingerprint density at radius 2 is 2.58 bits per heavy atom. The molecule has 1 heterocycles. The monoisotopic (exact) mass is 165 g/mol. The Balaban J connectivity index is 2.43. The Bertz CT molecular complexity index is 252. The zero-order chi connectivity index (χ0) is 8.97. The fourth-order valence-electron chi connectivity index (χ4n) is 0.904. The molecular weight excluding hydrogens is 150 g/mol. The first-order valence-electron chi connectivity index (χ1n) is 4.05. The Labute approximate surface area is 73.1 Å². The molecule has 1 rings (SSSR count). The topological polar surface area (TPSA) is 29.9 Å². The first kappa shape index (κ1) is 9.00. The average molecular weight is 165 g/mol. The highest BCUT2D eigenvalue weighted by molar-refractivity contribution is 4.97. The zero-order valence-electron chi connectivity index (χ0n) is 7.62. The number of hydrogen-bond acceptors (Lipinski definition) is 2. The summed E-state index contributed by atoms with van der Waals surface area (Å²) >= 11 is 0. The predicted molar refractivity (Wildman–Crippen MR) is 49.7 cm³/mol. The SMILES string of the molecule is C=CC(C)NCc1cncn1C. The summed E-state index contributed by atoms with van der Waals surface area (Å²) in [5.74, 6) is 0. The van der Waals surface area contributed by atoms with Gasteiger partial charge in [0.05, 0.1) is 12.0 Å². The van der Waals surface area contributed by atoms with Crippen molar-refractivity contribution in [1.82, 2.24) is 14.9 Å². The summed E-state index contributed by atoms with van der Waals surface area (Å²) in [4.78, 5) is 4.02. The quantitative estimate of drug-likeness (QED) is 0.677. The Kier molecular flexibility index (Phi) is 3.05. The summed E-state index contributed by atoms with van der Waals surface area (Å²) in [6.45, 7) is 6.61. The molecule has 0 aromatic carbocycles. The molecule has 0 fully saturated rings. The minimum Gasteiger partial charge on any atom is -0.337 e. The lowest BCUT2D eigenvalue weighted by Gasteiger charge is -2.08. The van der Waals surface area contributed by atoms with Crippen LogP contribution in [-0.2, 0) is 13.6 Å². The summed E-state index contributed by atoms with van der Waals surface area (Å²) in [5.41, 5.74) is 1.18. The Morgan fingerprint density at radius 1 is 1.83 bits per heavy atom. The van der Waals surface area contributed by atoms with Crippen molar-refractivity contribution in [2.45, 2.75) is 19.5 Å². The first-order valence-corrected chi connectivity index (χ1v) is 4.05. The van der Waals surface area contributed by atoms with Crippen LogP contribution in [0.15, 0.2) is 25.2 Å². The third kappa shape index (κ3) is 2.20. The van der Waals surface area contributed by atoms with E-state index in [9.17, 15) is 0 Å². The van der Waals surface area contributed by atoms with E-state index >= 15 is 0 Å². The van der Waals surface area contributed by atoms with E-state index < -0.39 is 0 Å². The van der Waals surface area contributed by atoms with E-state index in [4.69, 9.17) is 0 Å². The fourth-order valence-corrected chi connectivity index (χ4v) is 0.904. The van der Waals surface area contributed by atoms with Crippen LogP contribution >= 0.6 is 0 Å². The molecule has 66 valence electrons. The summed E-state index contributed by atoms with van der Waals surface area (Å²) < 4.78 is 2.00. The van der Waals surface area contributed by atoms with Gasteiger partial charge < -0.3 is 9.88 Å². The van der Waals surface area contributed by atoms with Gasteiger partial charge in [-0.25, -0.2) is 4.98 Å². The largest absolute Gasteiger partial charge is 0.337 e. The molecule has 0 aliphatic carbocycles. The number of hydrogen-bond donors (Lipinski definition) is 1. The molecular formula is C9H15N3. The van der Waals surface area contributed by atoms with E-state index in [2.05, 4.69) is 23.8 Å². The second-order valence-corrected chi connectivity index (χ2v) is 2.90. The van der Waals surface area contributed by atoms with E-state index in [0.717, 1.165) is 6.54 Å². The van der Waals surface area contributed by atoms with E-state index in [1.807, 2.05) is 23.9 Å². The first-order chi connectivity index (χ1) is 5.74. The molecule has 0 aliphatic rings. The number of aromatic nitrogens is 2. The zero-order valence-corrected chi connectivity index (χ0v) is 7.62. The number of aryl methyl sites for hydroxylation is 1. The standard InChI is InChI=1S/C9H15N3/c1-4-8(2)11-6-9-5-10-7-12(9)3/h4-5,7-8,11H,1,6H2,2-3H3. The summed E-state index contributed by atoms with van der Waals surface area (Å²) in [7, 11) is 1.99. The maximum absolute atomic E-state index is 4.02. The van der Waals surface area contributed by atoms with E-state index in [1.165, 1.54) is 5.69 Å². The number of nitrogens with one attached hydrogen (secondary N) is 1. The fraction of sp³-hybridized carbons (Fsp3) is 0.444. The molecule has 0 saturated heterocycles. The molecule has 0 saturated carbocycles. The number of rotatable bonds is 4. The van der Waals surface area contributed by atoms with Gasteiger partial charge >= 0.3 is 0 Å². The van der Waals surface area contributed by atoms with Crippen LogP contribution in [0.5, 0.6) is 0 Å². The molecule has 0 aliphatic heterocycles. The van der Waals surface area contributed by atoms with Gasteiger partial charge in [0, 0.05) is 25.8 Å². The van der Waals surface area contributed by atoms with Crippen molar-refractivity contribution in [1.29, 1.82) is 0 Å². The molecule has 1 atom stereocenters. The predicted octanol–water partition coefficient (Wildman–Crippen LogP) is 1.08. The Hall–Kier alpha value is -1.09. The lowest BCUT2D eigenvalue weighted by molar-refractivity contribution is 0.609. The molecule has 1 unspecified atom stereocenters. The highest BCUT2D eigenvalue weighted by atomic mass is 15.0. The number of imidazole rings is 1. The van der Waals surface area contributed by atoms with Gasteiger partial charge in [-0.2, -0.15) is 0 Å². The molecule has 0 amide bonds. The van der Waals surface area contributed by atoms with Crippen LogP contribution in [0.25, 0.3) is 0 Å². The molecule has 0 bridgehead atoms. The van der Waals surface area contributed by atoms with Crippen LogP contribution in [0.4, 0.5) is 0 Å². The van der Waals surface area contributed by atoms with Gasteiger partial charge in [-0.15, -0.1) is 6.58 Å². The highest BCUT2D eigenvalue weighted by Crippen LogP contribution is 1.95. The van der Waals surface area contributed by atoms with Gasteiger partial charge in [-0.1, -0.05) is 6.08 Å². The summed E-state index contributed by atoms with van der Waals surface area (Å²) in [5, 5.41) is 3.30. The Morgan fingerprint density at radius 3 is 3.08 bits per heavy atom. The molecule has 1 aromatic heterocycles. The van der Waals surface area contributed by atoms with Crippen molar-refractivity contribution in [2.24, 2.45) is 7.05 Å². The summed E-state index contributed by atoms with van der Waals surface area (Å²) in [6.07, 6.45) is 5.55. The smallest absolute Gasteiger partial charge is 0.0945 e. The number of nitrogens with zero attached hydrogens (tertiary/aromatic N) is 2. The molecule has 3 nitrogen and oxygen atoms in total. The second-order valence-electron chi connectivity index (χ2n) is 2.90. The van der Waals surface area contributed by atoms with Crippen LogP contribution in [0.2, 0.25) is 0 Å². The van der Waals surface area contributed by atoms with E-state index in [0.29, 0.717) is 6.04 Å². The van der Waals surface area contributed by atoms with Gasteiger partial charge in [0.25, 0.3) is 0 Å². The van der Waals surface area contributed by atoms with Crippen LogP contribution in [-0.4, -0.2) is 15.6 Å². The van der Waals surface area contributed by atoms with Crippen LogP contribution in [0.3, 0.4) is 0 Å². The van der Waals surface area contributed by atoms with Crippen LogP contribution in [0.1, 0.15) is 12.6 Å². The van der Waals surface area contributed by atoms with Gasteiger partial charge in [0.1, 0.15) is 0 Å². The van der Waals surface area contributed by atoms with Gasteiger partial charge in [0.15, 0.2) is 0 Å². The molecule has 1 N–H and O–H groups in total. The van der Waals surface area contributed by atoms with Crippen LogP contribution in [0, 0.1) is 0 Å². The van der Waals surface area contributed by atoms with Crippen molar-refractivity contribution in [3.05, 3.63) is 30.9 Å². The van der Waals surface area contributed by atoms with Crippen molar-refractivity contribution in [3.63, 3.8) is 0 Å². The highest BCUT2D eigenvalue weighted by Gasteiger charge is 1.98. The van der Waals surface area contributed by atoms with Crippen LogP contribution < -0.4 is 5.32 Å². The minimum absolute atomic E-state index is 0.347. The third-order valence-electron chi connectivity index (χ3n) is 1.88. The third-order valence-corrected chi connectivity index (χ3v) is 1.88. The average Bonchev–Trinajstić information content (AvgIpc) is 2.47. The van der Waals surface area contributed by atoms with Crippen molar-refractivity contribution < 1.29 is 0 Å². The minimum atomic E-state index is 0.347. The lowest BCUT2D eigenvalue weighted by atomic mass is 10.3. The van der Waals surface area contributed by atoms with Crippen molar-refractivity contribution >= 4 is 0 Å². The molecule has 0 spiro atoms. The maximum Gasteiger partial charge on any atom is 0.0945 e. The lowest BCUT2D eigenvalue weighted by Crippen LogP contribution is -2.23. The molecule has 1 aromatic rings. The van der Waals surface area contributed by atoms with Gasteiger partial charge in [0.2, 0.25) is 0 Å². The molecule has 12 heavy (non-hydrogen) atoms. The van der Waals surface area contributed by atoms with Gasteiger partial charge in [-0.3, -0.25) is 0 Å². The van der Waals surface area contributed by atoms with Gasteiger partial charge in [-0.05, 0) is 6.92 Å². The van der Waals surface area contributed by atoms with E-state index in [-0.39, 0.29) is 0 Å². The molecule has 3 heteroatoms. The van der Waals surface area contributed by atoms with Crippen molar-refractivity contribution in [2.75, 3.05) is 0 Å². The van der Waals surface area contributed by atoms with Crippen molar-refractivity contribution in [3.8, 4) is 0 Å². The molecule has 0 radical (unpaired) electrons. The van der Waals surface area contributed by atoms with E-state index in [1.54, 1.807) is 6.33 Å². The summed E-state index contributed by atoms with van der Waals surface area (Å²) in [6, 6.07) is 0.347.